The number of carbonyl (C=O) groups excluding carboxylic acids is 2. The molecule has 2 saturated carbocycles. The van der Waals surface area contributed by atoms with Crippen LogP contribution >= 0.6 is 0 Å². The van der Waals surface area contributed by atoms with Crippen molar-refractivity contribution in [3.05, 3.63) is 0 Å². The lowest BCUT2D eigenvalue weighted by Gasteiger charge is -2.48. The van der Waals surface area contributed by atoms with Crippen molar-refractivity contribution in [3.63, 3.8) is 0 Å². The second-order valence-corrected chi connectivity index (χ2v) is 13.2. The summed E-state index contributed by atoms with van der Waals surface area (Å²) in [6.07, 6.45) is 7.91. The van der Waals surface area contributed by atoms with E-state index >= 15 is 0 Å². The lowest BCUT2D eigenvalue weighted by molar-refractivity contribution is 0.0661. The zero-order chi connectivity index (χ0) is 25.8. The van der Waals surface area contributed by atoms with E-state index in [4.69, 9.17) is 0 Å². The molecule has 2 aliphatic carbocycles. The van der Waals surface area contributed by atoms with Crippen LogP contribution < -0.4 is 10.6 Å². The second-order valence-electron chi connectivity index (χ2n) is 13.2. The van der Waals surface area contributed by atoms with Gasteiger partial charge in [0.05, 0.1) is 0 Å². The monoisotopic (exact) mass is 478 g/mol. The number of amides is 4. The van der Waals surface area contributed by atoms with Crippen LogP contribution in [-0.4, -0.2) is 58.6 Å². The Hall–Kier alpha value is -1.46. The largest absolute Gasteiger partial charge is 0.337 e. The standard InChI is InChI=1S/C28H54N4O2/c1-19(2)31(20(3)4)26(34)30-24-15-27(8,9)17-28(10,16-24)18-29-25(33)32(21(5)6)22(7)23-13-11-12-14-23/h19-24H,11-18H2,1-10H3,(H,29,33)(H,30,34). The SMILES string of the molecule is CC(C)N(C(=O)NC1CC(C)(C)CC(C)(CNC(=O)N(C(C)C)C(C)C2CCCC2)C1)C(C)C. The lowest BCUT2D eigenvalue weighted by atomic mass is 9.62. The molecular weight excluding hydrogens is 424 g/mol. The molecule has 34 heavy (non-hydrogen) atoms. The van der Waals surface area contributed by atoms with Gasteiger partial charge in [-0.3, -0.25) is 0 Å². The highest BCUT2D eigenvalue weighted by atomic mass is 16.2. The highest BCUT2D eigenvalue weighted by molar-refractivity contribution is 5.75. The Morgan fingerprint density at radius 1 is 0.824 bits per heavy atom. The number of hydrogen-bond acceptors (Lipinski definition) is 2. The molecule has 0 radical (unpaired) electrons. The Labute approximate surface area is 210 Å². The third kappa shape index (κ3) is 7.52. The Morgan fingerprint density at radius 2 is 1.35 bits per heavy atom. The number of nitrogens with one attached hydrogen (secondary N) is 2. The van der Waals surface area contributed by atoms with Crippen LogP contribution in [0.25, 0.3) is 0 Å². The molecule has 2 fully saturated rings. The normalized spacial score (nSPS) is 26.1. The minimum Gasteiger partial charge on any atom is -0.337 e. The fourth-order valence-corrected chi connectivity index (χ4v) is 7.12. The van der Waals surface area contributed by atoms with Gasteiger partial charge in [0, 0.05) is 36.8 Å². The molecule has 0 aliphatic heterocycles. The van der Waals surface area contributed by atoms with Gasteiger partial charge in [0.2, 0.25) is 0 Å². The fraction of sp³-hybridized carbons (Fsp3) is 0.929. The summed E-state index contributed by atoms with van der Waals surface area (Å²) < 4.78 is 0. The van der Waals surface area contributed by atoms with E-state index < -0.39 is 0 Å². The topological polar surface area (TPSA) is 64.7 Å². The highest BCUT2D eigenvalue weighted by Gasteiger charge is 2.43. The zero-order valence-corrected chi connectivity index (χ0v) is 23.8. The van der Waals surface area contributed by atoms with Gasteiger partial charge in [-0.1, -0.05) is 33.6 Å². The molecule has 4 amide bonds. The number of hydrogen-bond donors (Lipinski definition) is 2. The summed E-state index contributed by atoms with van der Waals surface area (Å²) >= 11 is 0. The van der Waals surface area contributed by atoms with E-state index in [-0.39, 0.29) is 53.1 Å². The van der Waals surface area contributed by atoms with Crippen molar-refractivity contribution in [2.45, 2.75) is 144 Å². The van der Waals surface area contributed by atoms with Crippen molar-refractivity contribution >= 4 is 12.1 Å². The predicted molar refractivity (Wildman–Crippen MR) is 142 cm³/mol. The van der Waals surface area contributed by atoms with E-state index in [0.717, 1.165) is 19.3 Å². The van der Waals surface area contributed by atoms with Crippen LogP contribution in [0, 0.1) is 16.7 Å². The van der Waals surface area contributed by atoms with Crippen LogP contribution in [-0.2, 0) is 0 Å². The van der Waals surface area contributed by atoms with Crippen molar-refractivity contribution in [1.82, 2.24) is 20.4 Å². The van der Waals surface area contributed by atoms with Crippen molar-refractivity contribution in [2.24, 2.45) is 16.7 Å². The van der Waals surface area contributed by atoms with E-state index in [1.54, 1.807) is 0 Å². The van der Waals surface area contributed by atoms with E-state index in [0.29, 0.717) is 12.5 Å². The van der Waals surface area contributed by atoms with Gasteiger partial charge in [-0.25, -0.2) is 9.59 Å². The first-order valence-corrected chi connectivity index (χ1v) is 13.8. The first-order chi connectivity index (χ1) is 15.7. The average Bonchev–Trinajstić information content (AvgIpc) is 3.18. The summed E-state index contributed by atoms with van der Waals surface area (Å²) in [5.41, 5.74) is 0.0418. The first-order valence-electron chi connectivity index (χ1n) is 13.8. The Kier molecular flexibility index (Phi) is 9.75. The summed E-state index contributed by atoms with van der Waals surface area (Å²) in [5.74, 6) is 0.613. The molecule has 0 heterocycles. The highest BCUT2D eigenvalue weighted by Crippen LogP contribution is 2.46. The average molecular weight is 479 g/mol. The maximum absolute atomic E-state index is 13.4. The summed E-state index contributed by atoms with van der Waals surface area (Å²) in [5, 5.41) is 6.65. The molecule has 0 saturated heterocycles. The maximum atomic E-state index is 13.4. The molecule has 0 aromatic heterocycles. The van der Waals surface area contributed by atoms with Gasteiger partial charge in [-0.15, -0.1) is 0 Å². The molecule has 6 heteroatoms. The van der Waals surface area contributed by atoms with Crippen LogP contribution in [0.15, 0.2) is 0 Å². The van der Waals surface area contributed by atoms with Crippen molar-refractivity contribution in [1.29, 1.82) is 0 Å². The molecule has 2 aliphatic rings. The number of urea groups is 2. The summed E-state index contributed by atoms with van der Waals surface area (Å²) in [7, 11) is 0. The lowest BCUT2D eigenvalue weighted by Crippen LogP contribution is -2.56. The quantitative estimate of drug-likeness (QED) is 0.424. The Morgan fingerprint density at radius 3 is 1.85 bits per heavy atom. The van der Waals surface area contributed by atoms with E-state index in [1.165, 1.54) is 25.7 Å². The van der Waals surface area contributed by atoms with Gasteiger partial charge in [0.25, 0.3) is 0 Å². The van der Waals surface area contributed by atoms with Crippen LogP contribution in [0.5, 0.6) is 0 Å². The van der Waals surface area contributed by atoms with Crippen LogP contribution in [0.3, 0.4) is 0 Å². The molecule has 2 rings (SSSR count). The molecule has 0 aromatic rings. The Balaban J connectivity index is 2.06. The van der Waals surface area contributed by atoms with Crippen molar-refractivity contribution in [2.75, 3.05) is 6.54 Å². The predicted octanol–water partition coefficient (Wildman–Crippen LogP) is 6.40. The smallest absolute Gasteiger partial charge is 0.318 e. The third-order valence-electron chi connectivity index (χ3n) is 8.10. The number of rotatable bonds is 8. The summed E-state index contributed by atoms with van der Waals surface area (Å²) in [4.78, 5) is 30.4. The zero-order valence-electron chi connectivity index (χ0n) is 23.8. The second kappa shape index (κ2) is 11.5. The minimum atomic E-state index is -0.0604. The third-order valence-corrected chi connectivity index (χ3v) is 8.10. The molecule has 0 spiro atoms. The van der Waals surface area contributed by atoms with Crippen molar-refractivity contribution < 1.29 is 9.59 Å². The van der Waals surface area contributed by atoms with Gasteiger partial charge in [-0.05, 0) is 97.3 Å². The molecule has 0 aromatic carbocycles. The van der Waals surface area contributed by atoms with Gasteiger partial charge in [0.15, 0.2) is 0 Å². The van der Waals surface area contributed by atoms with Crippen molar-refractivity contribution in [3.8, 4) is 0 Å². The maximum Gasteiger partial charge on any atom is 0.318 e. The number of nitrogens with zero attached hydrogens (tertiary/aromatic N) is 2. The van der Waals surface area contributed by atoms with Gasteiger partial charge < -0.3 is 20.4 Å². The van der Waals surface area contributed by atoms with Crippen LogP contribution in [0.1, 0.15) is 114 Å². The summed E-state index contributed by atoms with van der Waals surface area (Å²) in [6, 6.07) is 0.953. The number of carbonyl (C=O) groups is 2. The fourth-order valence-electron chi connectivity index (χ4n) is 7.12. The van der Waals surface area contributed by atoms with E-state index in [2.05, 4.69) is 84.8 Å². The summed E-state index contributed by atoms with van der Waals surface area (Å²) in [6.45, 7) is 22.2. The van der Waals surface area contributed by atoms with Gasteiger partial charge >= 0.3 is 12.1 Å². The minimum absolute atomic E-state index is 0.0236. The van der Waals surface area contributed by atoms with Gasteiger partial charge in [0.1, 0.15) is 0 Å². The Bertz CT molecular complexity index is 676. The van der Waals surface area contributed by atoms with Crippen LogP contribution in [0.2, 0.25) is 0 Å². The molecule has 3 atom stereocenters. The molecule has 3 unspecified atom stereocenters. The molecule has 6 nitrogen and oxygen atoms in total. The molecule has 198 valence electrons. The molecule has 2 N–H and O–H groups in total. The first kappa shape index (κ1) is 28.8. The van der Waals surface area contributed by atoms with Gasteiger partial charge in [-0.2, -0.15) is 0 Å². The van der Waals surface area contributed by atoms with Crippen LogP contribution in [0.4, 0.5) is 9.59 Å². The molecular formula is C28H54N4O2. The molecule has 0 bridgehead atoms. The van der Waals surface area contributed by atoms with E-state index in [1.807, 2.05) is 4.90 Å². The van der Waals surface area contributed by atoms with E-state index in [9.17, 15) is 9.59 Å².